The number of rotatable bonds is 6. The molecule has 0 aliphatic heterocycles. The fraction of sp³-hybridized carbons (Fsp3) is 0.455. The molecule has 0 fully saturated rings. The highest BCUT2D eigenvalue weighted by Crippen LogP contribution is 2.27. The van der Waals surface area contributed by atoms with E-state index in [1.54, 1.807) is 18.2 Å². The Balaban J connectivity index is 2.58. The minimum Gasteiger partial charge on any atom is -0.496 e. The number of nitrogens with zero attached hydrogens (tertiary/aromatic N) is 1. The summed E-state index contributed by atoms with van der Waals surface area (Å²) in [5, 5.41) is 20.0. The summed E-state index contributed by atoms with van der Waals surface area (Å²) >= 11 is 0. The molecule has 0 unspecified atom stereocenters. The van der Waals surface area contributed by atoms with Crippen LogP contribution >= 0.6 is 0 Å². The van der Waals surface area contributed by atoms with Crippen LogP contribution in [0.4, 0.5) is 0 Å². The molecule has 0 amide bonds. The second-order valence-corrected chi connectivity index (χ2v) is 3.46. The zero-order chi connectivity index (χ0) is 12.0. The molecule has 0 bridgehead atoms. The Labute approximate surface area is 93.8 Å². The van der Waals surface area contributed by atoms with E-state index in [-0.39, 0.29) is 11.5 Å². The maximum absolute atomic E-state index is 10.1. The van der Waals surface area contributed by atoms with Crippen LogP contribution in [-0.2, 0) is 0 Å². The molecule has 0 saturated carbocycles. The van der Waals surface area contributed by atoms with E-state index in [0.717, 1.165) is 0 Å². The molecule has 0 aromatic heterocycles. The molecular formula is C11H15NO4. The minimum absolute atomic E-state index is 0.119. The van der Waals surface area contributed by atoms with E-state index in [0.29, 0.717) is 24.2 Å². The second kappa shape index (κ2) is 6.07. The largest absolute Gasteiger partial charge is 0.496 e. The van der Waals surface area contributed by atoms with Gasteiger partial charge in [0, 0.05) is 16.9 Å². The third kappa shape index (κ3) is 3.51. The van der Waals surface area contributed by atoms with Crippen molar-refractivity contribution in [1.82, 2.24) is 0 Å². The third-order valence-electron chi connectivity index (χ3n) is 2.32. The van der Waals surface area contributed by atoms with Crippen LogP contribution in [0.5, 0.6) is 5.75 Å². The molecule has 0 heterocycles. The lowest BCUT2D eigenvalue weighted by molar-refractivity contribution is -0.480. The molecule has 0 radical (unpaired) electrons. The van der Waals surface area contributed by atoms with Crippen molar-refractivity contribution in [3.05, 3.63) is 39.9 Å². The summed E-state index contributed by atoms with van der Waals surface area (Å²) in [6, 6.07) is 7.13. The number of methoxy groups -OCH3 is 1. The van der Waals surface area contributed by atoms with Gasteiger partial charge in [0.25, 0.3) is 0 Å². The van der Waals surface area contributed by atoms with Crippen LogP contribution < -0.4 is 4.74 Å². The van der Waals surface area contributed by atoms with Gasteiger partial charge in [0.15, 0.2) is 0 Å². The van der Waals surface area contributed by atoms with Crippen molar-refractivity contribution in [2.45, 2.75) is 18.9 Å². The SMILES string of the molecule is COc1ccccc1[C@H](O)CCC[N+](=O)[O-]. The molecule has 0 saturated heterocycles. The quantitative estimate of drug-likeness (QED) is 0.591. The van der Waals surface area contributed by atoms with Gasteiger partial charge in [0.05, 0.1) is 13.2 Å². The molecule has 1 rings (SSSR count). The standard InChI is InChI=1S/C11H15NO4/c1-16-11-7-3-2-5-9(11)10(13)6-4-8-12(14)15/h2-3,5,7,10,13H,4,6,8H2,1H3/t10-/m1/s1. The summed E-state index contributed by atoms with van der Waals surface area (Å²) in [7, 11) is 1.53. The highest BCUT2D eigenvalue weighted by molar-refractivity contribution is 5.34. The molecule has 5 nitrogen and oxygen atoms in total. The fourth-order valence-corrected chi connectivity index (χ4v) is 1.51. The second-order valence-electron chi connectivity index (χ2n) is 3.46. The van der Waals surface area contributed by atoms with Gasteiger partial charge in [-0.3, -0.25) is 10.1 Å². The zero-order valence-electron chi connectivity index (χ0n) is 9.13. The molecule has 1 aromatic rings. The molecule has 1 N–H and O–H groups in total. The lowest BCUT2D eigenvalue weighted by Crippen LogP contribution is -2.05. The molecular weight excluding hydrogens is 210 g/mol. The molecule has 0 aliphatic carbocycles. The first-order chi connectivity index (χ1) is 7.65. The Hall–Kier alpha value is -1.62. The number of hydrogen-bond donors (Lipinski definition) is 1. The number of hydrogen-bond acceptors (Lipinski definition) is 4. The molecule has 16 heavy (non-hydrogen) atoms. The maximum Gasteiger partial charge on any atom is 0.204 e. The van der Waals surface area contributed by atoms with E-state index in [9.17, 15) is 15.2 Å². The molecule has 1 aromatic carbocycles. The van der Waals surface area contributed by atoms with E-state index in [4.69, 9.17) is 4.74 Å². The van der Waals surface area contributed by atoms with Gasteiger partial charge in [0.2, 0.25) is 6.54 Å². The molecule has 0 aliphatic rings. The first kappa shape index (κ1) is 12.4. The van der Waals surface area contributed by atoms with Gasteiger partial charge in [0.1, 0.15) is 5.75 Å². The summed E-state index contributed by atoms with van der Waals surface area (Å²) in [6.45, 7) is -0.119. The summed E-state index contributed by atoms with van der Waals surface area (Å²) in [5.41, 5.74) is 0.674. The van der Waals surface area contributed by atoms with Crippen molar-refractivity contribution >= 4 is 0 Å². The number of para-hydroxylation sites is 1. The van der Waals surface area contributed by atoms with Crippen LogP contribution in [0, 0.1) is 10.1 Å². The number of ether oxygens (including phenoxy) is 1. The van der Waals surface area contributed by atoms with Gasteiger partial charge in [-0.2, -0.15) is 0 Å². The van der Waals surface area contributed by atoms with E-state index in [1.807, 2.05) is 6.07 Å². The Bertz CT molecular complexity index is 354. The number of benzene rings is 1. The average molecular weight is 225 g/mol. The van der Waals surface area contributed by atoms with Gasteiger partial charge < -0.3 is 9.84 Å². The summed E-state index contributed by atoms with van der Waals surface area (Å²) in [5.74, 6) is 0.608. The molecule has 0 spiro atoms. The number of aliphatic hydroxyl groups excluding tert-OH is 1. The van der Waals surface area contributed by atoms with E-state index in [1.165, 1.54) is 7.11 Å². The monoisotopic (exact) mass is 225 g/mol. The van der Waals surface area contributed by atoms with Gasteiger partial charge in [-0.1, -0.05) is 18.2 Å². The van der Waals surface area contributed by atoms with Crippen LogP contribution in [0.2, 0.25) is 0 Å². The Morgan fingerprint density at radius 1 is 1.50 bits per heavy atom. The van der Waals surface area contributed by atoms with Crippen molar-refractivity contribution in [1.29, 1.82) is 0 Å². The minimum atomic E-state index is -0.712. The van der Waals surface area contributed by atoms with Crippen molar-refractivity contribution in [3.8, 4) is 5.75 Å². The van der Waals surface area contributed by atoms with Crippen molar-refractivity contribution in [2.75, 3.05) is 13.7 Å². The topological polar surface area (TPSA) is 72.6 Å². The highest BCUT2D eigenvalue weighted by atomic mass is 16.6. The normalized spacial score (nSPS) is 12.1. The first-order valence-electron chi connectivity index (χ1n) is 5.08. The van der Waals surface area contributed by atoms with Crippen LogP contribution in [0.25, 0.3) is 0 Å². The van der Waals surface area contributed by atoms with Crippen LogP contribution in [0.3, 0.4) is 0 Å². The summed E-state index contributed by atoms with van der Waals surface area (Å²) in [6.07, 6.45) is 0.00390. The lowest BCUT2D eigenvalue weighted by Gasteiger charge is -2.13. The van der Waals surface area contributed by atoms with Crippen LogP contribution in [0.1, 0.15) is 24.5 Å². The Kier molecular flexibility index (Phi) is 4.72. The Morgan fingerprint density at radius 3 is 2.81 bits per heavy atom. The van der Waals surface area contributed by atoms with Gasteiger partial charge in [-0.15, -0.1) is 0 Å². The highest BCUT2D eigenvalue weighted by Gasteiger charge is 2.13. The lowest BCUT2D eigenvalue weighted by atomic mass is 10.0. The molecule has 5 heteroatoms. The average Bonchev–Trinajstić information content (AvgIpc) is 2.28. The zero-order valence-corrected chi connectivity index (χ0v) is 9.13. The van der Waals surface area contributed by atoms with Gasteiger partial charge in [-0.25, -0.2) is 0 Å². The first-order valence-corrected chi connectivity index (χ1v) is 5.08. The number of aliphatic hydroxyl groups is 1. The molecule has 1 atom stereocenters. The predicted molar refractivity (Wildman–Crippen MR) is 59.0 cm³/mol. The summed E-state index contributed by atoms with van der Waals surface area (Å²) < 4.78 is 5.10. The van der Waals surface area contributed by atoms with Crippen molar-refractivity contribution in [2.24, 2.45) is 0 Å². The fourth-order valence-electron chi connectivity index (χ4n) is 1.51. The van der Waals surface area contributed by atoms with E-state index >= 15 is 0 Å². The van der Waals surface area contributed by atoms with Crippen molar-refractivity contribution < 1.29 is 14.8 Å². The molecule has 88 valence electrons. The van der Waals surface area contributed by atoms with Crippen LogP contribution in [-0.4, -0.2) is 23.7 Å². The van der Waals surface area contributed by atoms with E-state index < -0.39 is 6.10 Å². The summed E-state index contributed by atoms with van der Waals surface area (Å²) in [4.78, 5) is 9.76. The maximum atomic E-state index is 10.1. The van der Waals surface area contributed by atoms with E-state index in [2.05, 4.69) is 0 Å². The smallest absolute Gasteiger partial charge is 0.204 e. The van der Waals surface area contributed by atoms with Gasteiger partial charge in [-0.05, 0) is 12.5 Å². The number of nitro groups is 1. The predicted octanol–water partition coefficient (Wildman–Crippen LogP) is 1.79. The third-order valence-corrected chi connectivity index (χ3v) is 2.32. The van der Waals surface area contributed by atoms with Gasteiger partial charge >= 0.3 is 0 Å². The Morgan fingerprint density at radius 2 is 2.19 bits per heavy atom. The van der Waals surface area contributed by atoms with Crippen LogP contribution in [0.15, 0.2) is 24.3 Å². The van der Waals surface area contributed by atoms with Crippen molar-refractivity contribution in [3.63, 3.8) is 0 Å².